The predicted octanol–water partition coefficient (Wildman–Crippen LogP) is 13.7. The first-order valence-electron chi connectivity index (χ1n) is 20.4. The number of hydrogen-bond donors (Lipinski definition) is 0. The van der Waals surface area contributed by atoms with Crippen LogP contribution in [-0.4, -0.2) is 20.8 Å². The molecule has 2 aliphatic heterocycles. The average Bonchev–Trinajstić information content (AvgIpc) is 3.55. The Kier molecular flexibility index (Phi) is 7.11. The van der Waals surface area contributed by atoms with Crippen molar-refractivity contribution in [2.24, 2.45) is 4.99 Å². The predicted molar refractivity (Wildman–Crippen MR) is 241 cm³/mol. The van der Waals surface area contributed by atoms with Crippen LogP contribution in [0.2, 0.25) is 0 Å². The van der Waals surface area contributed by atoms with Crippen LogP contribution in [0.3, 0.4) is 0 Å². The first kappa shape index (κ1) is 33.2. The Hall–Kier alpha value is -7.80. The number of para-hydroxylation sites is 5. The highest BCUT2D eigenvalue weighted by Gasteiger charge is 2.57. The van der Waals surface area contributed by atoms with Gasteiger partial charge in [0.25, 0.3) is 0 Å². The fourth-order valence-electron chi connectivity index (χ4n) is 9.38. The van der Waals surface area contributed by atoms with Gasteiger partial charge >= 0.3 is 0 Å². The summed E-state index contributed by atoms with van der Waals surface area (Å²) in [6, 6.07) is 66.3. The SMILES string of the molecule is c1cnc2c(-c3ccc(C4N=C(c5ccc(-c6cccc7c6oc6ccccc67)cc5)N5C(c6ccc(-c7cccc8c7oc7ccccc78)cc6)[N@]45)cc3)cccc2c1. The fourth-order valence-corrected chi connectivity index (χ4v) is 9.38. The van der Waals surface area contributed by atoms with Crippen molar-refractivity contribution in [2.45, 2.75) is 12.3 Å². The second-order valence-corrected chi connectivity index (χ2v) is 15.7. The van der Waals surface area contributed by atoms with Crippen molar-refractivity contribution in [1.82, 2.24) is 15.0 Å². The highest BCUT2D eigenvalue weighted by molar-refractivity contribution is 6.11. The van der Waals surface area contributed by atoms with Gasteiger partial charge in [0, 0.05) is 55.4 Å². The molecule has 282 valence electrons. The van der Waals surface area contributed by atoms with Gasteiger partial charge in [0.2, 0.25) is 0 Å². The Morgan fingerprint density at radius 3 is 1.57 bits per heavy atom. The lowest BCUT2D eigenvalue weighted by Gasteiger charge is -2.13. The molecule has 13 rings (SSSR count). The molecule has 2 aliphatic rings. The molecule has 6 nitrogen and oxygen atoms in total. The van der Waals surface area contributed by atoms with Crippen LogP contribution in [0.15, 0.2) is 208 Å². The van der Waals surface area contributed by atoms with Crippen molar-refractivity contribution in [2.75, 3.05) is 0 Å². The quantitative estimate of drug-likeness (QED) is 0.158. The topological polar surface area (TPSA) is 57.5 Å². The normalized spacial score (nSPS) is 17.2. The highest BCUT2D eigenvalue weighted by atomic mass is 16.3. The summed E-state index contributed by atoms with van der Waals surface area (Å²) < 4.78 is 12.8. The molecule has 0 amide bonds. The van der Waals surface area contributed by atoms with E-state index in [1.165, 1.54) is 5.56 Å². The van der Waals surface area contributed by atoms with E-state index >= 15 is 0 Å². The fraction of sp³-hybridized carbons (Fsp3) is 0.0370. The molecule has 2 unspecified atom stereocenters. The van der Waals surface area contributed by atoms with E-state index in [0.717, 1.165) is 105 Å². The Morgan fingerprint density at radius 2 is 0.917 bits per heavy atom. The molecule has 0 aliphatic carbocycles. The number of hydrazine groups is 1. The number of pyridine rings is 1. The zero-order chi connectivity index (χ0) is 39.3. The zero-order valence-electron chi connectivity index (χ0n) is 32.2. The van der Waals surface area contributed by atoms with Gasteiger partial charge in [0.1, 0.15) is 40.5 Å². The van der Waals surface area contributed by atoms with E-state index in [-0.39, 0.29) is 12.3 Å². The lowest BCUT2D eigenvalue weighted by atomic mass is 9.99. The van der Waals surface area contributed by atoms with Crippen LogP contribution in [0.1, 0.15) is 29.0 Å². The summed E-state index contributed by atoms with van der Waals surface area (Å²) in [5.41, 5.74) is 14.7. The third kappa shape index (κ3) is 5.04. The lowest BCUT2D eigenvalue weighted by Crippen LogP contribution is -2.11. The molecule has 1 saturated heterocycles. The summed E-state index contributed by atoms with van der Waals surface area (Å²) in [4.78, 5) is 10.1. The number of aliphatic imine (C=N–C) groups is 1. The van der Waals surface area contributed by atoms with E-state index in [4.69, 9.17) is 18.8 Å². The van der Waals surface area contributed by atoms with E-state index in [2.05, 4.69) is 168 Å². The Bertz CT molecular complexity index is 3500. The summed E-state index contributed by atoms with van der Waals surface area (Å²) >= 11 is 0. The van der Waals surface area contributed by atoms with Crippen molar-refractivity contribution in [1.29, 1.82) is 0 Å². The van der Waals surface area contributed by atoms with E-state index in [1.807, 2.05) is 36.5 Å². The molecule has 3 atom stereocenters. The second-order valence-electron chi connectivity index (χ2n) is 15.7. The monoisotopic (exact) mass is 770 g/mol. The van der Waals surface area contributed by atoms with Gasteiger partial charge in [-0.3, -0.25) is 9.99 Å². The van der Waals surface area contributed by atoms with Crippen LogP contribution >= 0.6 is 0 Å². The molecule has 0 spiro atoms. The third-order valence-corrected chi connectivity index (χ3v) is 12.3. The molecular formula is C54H34N4O2. The number of rotatable bonds is 6. The highest BCUT2D eigenvalue weighted by Crippen LogP contribution is 2.54. The Labute approximate surface area is 344 Å². The first-order chi connectivity index (χ1) is 29.7. The molecule has 0 saturated carbocycles. The maximum absolute atomic E-state index is 6.40. The zero-order valence-corrected chi connectivity index (χ0v) is 32.2. The van der Waals surface area contributed by atoms with Crippen LogP contribution in [0.4, 0.5) is 0 Å². The van der Waals surface area contributed by atoms with Crippen LogP contribution in [0.25, 0.3) is 88.2 Å². The number of aromatic nitrogens is 1. The van der Waals surface area contributed by atoms with E-state index in [1.54, 1.807) is 0 Å². The van der Waals surface area contributed by atoms with Gasteiger partial charge in [-0.1, -0.05) is 170 Å². The minimum atomic E-state index is -0.183. The molecule has 5 heterocycles. The van der Waals surface area contributed by atoms with Crippen LogP contribution in [0.5, 0.6) is 0 Å². The van der Waals surface area contributed by atoms with Crippen LogP contribution < -0.4 is 0 Å². The lowest BCUT2D eigenvalue weighted by molar-refractivity contribution is 0.341. The minimum Gasteiger partial charge on any atom is -0.455 e. The van der Waals surface area contributed by atoms with Gasteiger partial charge in [-0.15, -0.1) is 0 Å². The molecular weight excluding hydrogens is 737 g/mol. The van der Waals surface area contributed by atoms with Gasteiger partial charge in [0.05, 0.1) is 5.52 Å². The molecule has 1 fully saturated rings. The van der Waals surface area contributed by atoms with Crippen molar-refractivity contribution in [3.8, 4) is 33.4 Å². The second kappa shape index (κ2) is 12.9. The van der Waals surface area contributed by atoms with E-state index in [0.29, 0.717) is 0 Å². The molecule has 11 aromatic rings. The Morgan fingerprint density at radius 1 is 0.417 bits per heavy atom. The molecule has 0 radical (unpaired) electrons. The number of benzene rings is 8. The molecule has 3 aromatic heterocycles. The number of nitrogens with zero attached hydrogens (tertiary/aromatic N) is 4. The molecule has 6 heteroatoms. The maximum atomic E-state index is 6.40. The number of fused-ring (bicyclic) bond motifs is 8. The minimum absolute atomic E-state index is 0.0319. The van der Waals surface area contributed by atoms with E-state index < -0.39 is 0 Å². The average molecular weight is 771 g/mol. The van der Waals surface area contributed by atoms with Gasteiger partial charge < -0.3 is 8.83 Å². The summed E-state index contributed by atoms with van der Waals surface area (Å²) in [6.07, 6.45) is 1.71. The number of amidine groups is 1. The smallest absolute Gasteiger partial charge is 0.150 e. The number of hydrogen-bond acceptors (Lipinski definition) is 6. The maximum Gasteiger partial charge on any atom is 0.150 e. The van der Waals surface area contributed by atoms with Crippen molar-refractivity contribution in [3.63, 3.8) is 0 Å². The van der Waals surface area contributed by atoms with Crippen molar-refractivity contribution in [3.05, 3.63) is 211 Å². The Balaban J connectivity index is 0.866. The molecule has 0 N–H and O–H groups in total. The largest absolute Gasteiger partial charge is 0.455 e. The number of furan rings is 2. The van der Waals surface area contributed by atoms with Crippen LogP contribution in [0, 0.1) is 0 Å². The molecule has 0 bridgehead atoms. The summed E-state index contributed by atoms with van der Waals surface area (Å²) in [5.74, 6) is 0.956. The molecule has 60 heavy (non-hydrogen) atoms. The van der Waals surface area contributed by atoms with Gasteiger partial charge in [-0.25, -0.2) is 4.99 Å². The van der Waals surface area contributed by atoms with E-state index in [9.17, 15) is 0 Å². The van der Waals surface area contributed by atoms with Gasteiger partial charge in [-0.05, 0) is 46.0 Å². The summed E-state index contributed by atoms with van der Waals surface area (Å²) in [5, 5.41) is 10.4. The summed E-state index contributed by atoms with van der Waals surface area (Å²) in [6.45, 7) is 0. The van der Waals surface area contributed by atoms with Crippen LogP contribution in [-0.2, 0) is 0 Å². The van der Waals surface area contributed by atoms with Crippen molar-refractivity contribution < 1.29 is 8.83 Å². The van der Waals surface area contributed by atoms with Crippen molar-refractivity contribution >= 4 is 60.6 Å². The summed E-state index contributed by atoms with van der Waals surface area (Å²) in [7, 11) is 0. The molecule has 8 aromatic carbocycles. The van der Waals surface area contributed by atoms with Gasteiger partial charge in [0.15, 0.2) is 0 Å². The first-order valence-corrected chi connectivity index (χ1v) is 20.4. The third-order valence-electron chi connectivity index (χ3n) is 12.3. The standard InChI is InChI=1S/C54H34N4O2/c1-3-18-47-43(11-1)45-16-6-14-41(50(45)59-47)34-22-28-38(29-23-34)53-56-52(37-26-20-33(21-27-37)40-13-5-9-36-10-8-32-55-49(36)40)57-54(58(53)57)39-30-24-35(25-31-39)42-15-7-17-46-44-12-2-4-19-48(44)60-51(42)46/h1-32,52,54H/t52?,54?,57-,58?/m0/s1. The van der Waals surface area contributed by atoms with Gasteiger partial charge in [-0.2, -0.15) is 5.01 Å².